The van der Waals surface area contributed by atoms with Crippen molar-refractivity contribution in [3.63, 3.8) is 0 Å². The van der Waals surface area contributed by atoms with Crippen molar-refractivity contribution in [3.05, 3.63) is 63.8 Å². The third kappa shape index (κ3) is 3.90. The van der Waals surface area contributed by atoms with Crippen LogP contribution >= 0.6 is 0 Å². The average Bonchev–Trinajstić information content (AvgIpc) is 3.07. The van der Waals surface area contributed by atoms with Gasteiger partial charge in [-0.3, -0.25) is 4.79 Å². The van der Waals surface area contributed by atoms with Crippen LogP contribution in [0, 0.1) is 27.7 Å². The maximum absolute atomic E-state index is 13.1. The number of fused-ring (bicyclic) bond motifs is 1. The van der Waals surface area contributed by atoms with Crippen LogP contribution < -0.4 is 4.90 Å². The van der Waals surface area contributed by atoms with Crippen molar-refractivity contribution in [1.82, 2.24) is 9.88 Å². The molecule has 2 heterocycles. The number of aromatic carboxylic acids is 1. The van der Waals surface area contributed by atoms with Crippen LogP contribution in [0.4, 0.5) is 5.69 Å². The van der Waals surface area contributed by atoms with Crippen molar-refractivity contribution < 1.29 is 14.7 Å². The molecule has 4 rings (SSSR count). The lowest BCUT2D eigenvalue weighted by Crippen LogP contribution is -2.49. The maximum atomic E-state index is 13.1. The number of amides is 1. The van der Waals surface area contributed by atoms with Gasteiger partial charge in [0.15, 0.2) is 0 Å². The van der Waals surface area contributed by atoms with Gasteiger partial charge in [0.1, 0.15) is 5.69 Å². The van der Waals surface area contributed by atoms with Gasteiger partial charge >= 0.3 is 5.97 Å². The van der Waals surface area contributed by atoms with Gasteiger partial charge in [-0.2, -0.15) is 0 Å². The summed E-state index contributed by atoms with van der Waals surface area (Å²) in [4.78, 5) is 32.2. The molecule has 1 aromatic heterocycles. The molecular formula is C25H29N3O3. The van der Waals surface area contributed by atoms with Crippen molar-refractivity contribution in [2.24, 2.45) is 0 Å². The lowest BCUT2D eigenvalue weighted by atomic mass is 10.0. The largest absolute Gasteiger partial charge is 0.477 e. The third-order valence-electron chi connectivity index (χ3n) is 6.29. The summed E-state index contributed by atoms with van der Waals surface area (Å²) in [5, 5.41) is 10.5. The van der Waals surface area contributed by atoms with Gasteiger partial charge in [0.25, 0.3) is 0 Å². The highest BCUT2D eigenvalue weighted by Gasteiger charge is 2.26. The van der Waals surface area contributed by atoms with Crippen LogP contribution in [0.25, 0.3) is 10.9 Å². The van der Waals surface area contributed by atoms with Gasteiger partial charge in [-0.15, -0.1) is 0 Å². The number of carbonyl (C=O) groups is 2. The maximum Gasteiger partial charge on any atom is 0.352 e. The smallest absolute Gasteiger partial charge is 0.352 e. The second-order valence-electron chi connectivity index (χ2n) is 8.57. The van der Waals surface area contributed by atoms with E-state index in [0.29, 0.717) is 18.7 Å². The Morgan fingerprint density at radius 1 is 0.968 bits per heavy atom. The highest BCUT2D eigenvalue weighted by Crippen LogP contribution is 2.29. The predicted octanol–water partition coefficient (Wildman–Crippen LogP) is 3.99. The molecule has 2 aromatic carbocycles. The molecule has 6 nitrogen and oxygen atoms in total. The van der Waals surface area contributed by atoms with E-state index in [4.69, 9.17) is 0 Å². The zero-order chi connectivity index (χ0) is 22.3. The average molecular weight is 420 g/mol. The first-order chi connectivity index (χ1) is 14.8. The van der Waals surface area contributed by atoms with Gasteiger partial charge < -0.3 is 19.9 Å². The van der Waals surface area contributed by atoms with E-state index < -0.39 is 5.97 Å². The van der Waals surface area contributed by atoms with Gasteiger partial charge in [0.2, 0.25) is 5.91 Å². The van der Waals surface area contributed by atoms with Crippen LogP contribution in [0.3, 0.4) is 0 Å². The number of nitrogens with one attached hydrogen (secondary N) is 1. The zero-order valence-electron chi connectivity index (χ0n) is 18.6. The van der Waals surface area contributed by atoms with E-state index in [9.17, 15) is 14.7 Å². The Labute approximate surface area is 182 Å². The number of H-pyrrole nitrogens is 1. The number of aromatic nitrogens is 1. The third-order valence-corrected chi connectivity index (χ3v) is 6.29. The molecule has 0 bridgehead atoms. The number of carbonyl (C=O) groups excluding carboxylic acids is 1. The first-order valence-electron chi connectivity index (χ1n) is 10.7. The molecule has 0 spiro atoms. The predicted molar refractivity (Wildman–Crippen MR) is 123 cm³/mol. The number of nitrogens with zero attached hydrogens (tertiary/aromatic N) is 2. The van der Waals surface area contributed by atoms with Crippen molar-refractivity contribution >= 4 is 28.5 Å². The van der Waals surface area contributed by atoms with E-state index in [1.165, 1.54) is 16.8 Å². The molecule has 0 unspecified atom stereocenters. The van der Waals surface area contributed by atoms with Gasteiger partial charge in [0.05, 0.1) is 6.42 Å². The molecule has 1 aliphatic rings. The summed E-state index contributed by atoms with van der Waals surface area (Å²) in [6, 6.07) is 10.3. The van der Waals surface area contributed by atoms with Gasteiger partial charge in [-0.05, 0) is 50.5 Å². The summed E-state index contributed by atoms with van der Waals surface area (Å²) < 4.78 is 0. The SMILES string of the molecule is Cc1cc(C)c2[nH]c(C(=O)O)c(CC(=O)N3CCN(c4c(C)cccc4C)CC3)c2c1. The van der Waals surface area contributed by atoms with Gasteiger partial charge in [-0.25, -0.2) is 4.79 Å². The van der Waals surface area contributed by atoms with Crippen LogP contribution in [0.15, 0.2) is 30.3 Å². The van der Waals surface area contributed by atoms with E-state index in [-0.39, 0.29) is 18.0 Å². The number of carboxylic acid groups (broad SMARTS) is 1. The second kappa shape index (κ2) is 8.10. The Bertz CT molecular complexity index is 1150. The zero-order valence-corrected chi connectivity index (χ0v) is 18.6. The van der Waals surface area contributed by atoms with Crippen LogP contribution in [-0.2, 0) is 11.2 Å². The van der Waals surface area contributed by atoms with Crippen molar-refractivity contribution in [2.75, 3.05) is 31.1 Å². The molecule has 0 radical (unpaired) electrons. The number of benzene rings is 2. The summed E-state index contributed by atoms with van der Waals surface area (Å²) in [6.07, 6.45) is 0.0912. The molecule has 0 saturated carbocycles. The normalized spacial score (nSPS) is 14.3. The topological polar surface area (TPSA) is 76.6 Å². The minimum Gasteiger partial charge on any atom is -0.477 e. The molecule has 0 atom stereocenters. The molecule has 1 saturated heterocycles. The fraction of sp³-hybridized carbons (Fsp3) is 0.360. The number of hydrogen-bond acceptors (Lipinski definition) is 3. The van der Waals surface area contributed by atoms with E-state index >= 15 is 0 Å². The minimum absolute atomic E-state index is 0.0243. The number of piperazine rings is 1. The molecule has 6 heteroatoms. The molecule has 1 amide bonds. The summed E-state index contributed by atoms with van der Waals surface area (Å²) >= 11 is 0. The number of hydrogen-bond donors (Lipinski definition) is 2. The van der Waals surface area contributed by atoms with E-state index in [0.717, 1.165) is 35.1 Å². The standard InChI is InChI=1S/C25H29N3O3/c1-15-12-18(4)22-19(13-15)20(23(26-22)25(30)31)14-21(29)27-8-10-28(11-9-27)24-16(2)6-5-7-17(24)3/h5-7,12-13,26H,8-11,14H2,1-4H3,(H,30,31). The highest BCUT2D eigenvalue weighted by atomic mass is 16.4. The first kappa shape index (κ1) is 21.0. The number of carboxylic acids is 1. The summed E-state index contributed by atoms with van der Waals surface area (Å²) in [5.41, 5.74) is 7.28. The van der Waals surface area contributed by atoms with Gasteiger partial charge in [-0.1, -0.05) is 29.8 Å². The number of para-hydroxylation sites is 1. The van der Waals surface area contributed by atoms with Crippen LogP contribution in [0.2, 0.25) is 0 Å². The molecule has 1 fully saturated rings. The Morgan fingerprint density at radius 3 is 2.23 bits per heavy atom. The number of rotatable bonds is 4. The van der Waals surface area contributed by atoms with Crippen LogP contribution in [-0.4, -0.2) is 53.0 Å². The van der Waals surface area contributed by atoms with E-state index in [1.807, 2.05) is 30.9 Å². The molecule has 1 aliphatic heterocycles. The Kier molecular flexibility index (Phi) is 5.48. The van der Waals surface area contributed by atoms with Crippen molar-refractivity contribution in [1.29, 1.82) is 0 Å². The minimum atomic E-state index is -1.03. The fourth-order valence-electron chi connectivity index (χ4n) is 4.82. The lowest BCUT2D eigenvalue weighted by Gasteiger charge is -2.37. The Hall–Kier alpha value is -3.28. The fourth-order valence-corrected chi connectivity index (χ4v) is 4.82. The van der Waals surface area contributed by atoms with E-state index in [1.54, 1.807) is 0 Å². The monoisotopic (exact) mass is 419 g/mol. The Balaban J connectivity index is 1.54. The van der Waals surface area contributed by atoms with Gasteiger partial charge in [0, 0.05) is 48.3 Å². The molecule has 31 heavy (non-hydrogen) atoms. The lowest BCUT2D eigenvalue weighted by molar-refractivity contribution is -0.130. The molecule has 3 aromatic rings. The Morgan fingerprint density at radius 2 is 1.61 bits per heavy atom. The van der Waals surface area contributed by atoms with Crippen molar-refractivity contribution in [2.45, 2.75) is 34.1 Å². The van der Waals surface area contributed by atoms with Crippen molar-refractivity contribution in [3.8, 4) is 0 Å². The number of aromatic amines is 1. The highest BCUT2D eigenvalue weighted by molar-refractivity contribution is 6.01. The van der Waals surface area contributed by atoms with E-state index in [2.05, 4.69) is 41.9 Å². The number of aryl methyl sites for hydroxylation is 4. The molecule has 162 valence electrons. The summed E-state index contributed by atoms with van der Waals surface area (Å²) in [5.74, 6) is -1.06. The molecule has 0 aliphatic carbocycles. The summed E-state index contributed by atoms with van der Waals surface area (Å²) in [6.45, 7) is 11.0. The second-order valence-corrected chi connectivity index (χ2v) is 8.57. The summed E-state index contributed by atoms with van der Waals surface area (Å²) in [7, 11) is 0. The number of anilines is 1. The molecular weight excluding hydrogens is 390 g/mol. The molecule has 2 N–H and O–H groups in total. The van der Waals surface area contributed by atoms with Crippen LogP contribution in [0.1, 0.15) is 38.3 Å². The quantitative estimate of drug-likeness (QED) is 0.670. The van der Waals surface area contributed by atoms with Crippen LogP contribution in [0.5, 0.6) is 0 Å². The first-order valence-corrected chi connectivity index (χ1v) is 10.7.